The lowest BCUT2D eigenvalue weighted by molar-refractivity contribution is 0.415. The second kappa shape index (κ2) is 6.31. The van der Waals surface area contributed by atoms with Gasteiger partial charge in [0.05, 0.1) is 7.11 Å². The van der Waals surface area contributed by atoms with Crippen LogP contribution in [0.4, 0.5) is 5.82 Å². The Balaban J connectivity index is 1.98. The van der Waals surface area contributed by atoms with Crippen molar-refractivity contribution in [3.8, 4) is 5.75 Å². The summed E-state index contributed by atoms with van der Waals surface area (Å²) >= 11 is 0. The van der Waals surface area contributed by atoms with Crippen LogP contribution in [0.15, 0.2) is 30.5 Å². The summed E-state index contributed by atoms with van der Waals surface area (Å²) in [5.74, 6) is 1.97. The molecule has 0 bridgehead atoms. The Bertz CT molecular complexity index is 614. The van der Waals surface area contributed by atoms with Crippen molar-refractivity contribution >= 4 is 16.6 Å². The summed E-state index contributed by atoms with van der Waals surface area (Å²) in [5.41, 5.74) is 5.67. The van der Waals surface area contributed by atoms with E-state index in [0.29, 0.717) is 6.04 Å². The van der Waals surface area contributed by atoms with Gasteiger partial charge in [-0.3, -0.25) is 0 Å². The van der Waals surface area contributed by atoms with Crippen molar-refractivity contribution in [2.45, 2.75) is 31.7 Å². The van der Waals surface area contributed by atoms with Crippen molar-refractivity contribution in [2.24, 2.45) is 5.73 Å². The summed E-state index contributed by atoms with van der Waals surface area (Å²) in [6.45, 7) is 1.85. The number of hydrogen-bond acceptors (Lipinski definition) is 4. The molecule has 4 heteroatoms. The Morgan fingerprint density at radius 1 is 1.38 bits per heavy atom. The second-order valence-corrected chi connectivity index (χ2v) is 5.64. The molecule has 1 aromatic heterocycles. The van der Waals surface area contributed by atoms with Crippen LogP contribution in [0.5, 0.6) is 5.75 Å². The van der Waals surface area contributed by atoms with E-state index in [0.717, 1.165) is 37.5 Å². The predicted molar refractivity (Wildman–Crippen MR) is 87.0 cm³/mol. The minimum Gasteiger partial charge on any atom is -0.497 e. The summed E-state index contributed by atoms with van der Waals surface area (Å²) in [5, 5.41) is 2.39. The fourth-order valence-corrected chi connectivity index (χ4v) is 3.26. The fourth-order valence-electron chi connectivity index (χ4n) is 3.26. The van der Waals surface area contributed by atoms with Crippen LogP contribution in [-0.2, 0) is 0 Å². The lowest BCUT2D eigenvalue weighted by Gasteiger charge is -2.27. The number of aromatic nitrogens is 1. The molecule has 0 saturated carbocycles. The topological polar surface area (TPSA) is 51.4 Å². The lowest BCUT2D eigenvalue weighted by Crippen LogP contribution is -2.30. The monoisotopic (exact) mass is 285 g/mol. The second-order valence-electron chi connectivity index (χ2n) is 5.64. The van der Waals surface area contributed by atoms with Gasteiger partial charge >= 0.3 is 0 Å². The van der Waals surface area contributed by atoms with Crippen molar-refractivity contribution in [3.05, 3.63) is 30.5 Å². The molecule has 0 amide bonds. The number of methoxy groups -OCH3 is 1. The van der Waals surface area contributed by atoms with E-state index in [1.54, 1.807) is 7.11 Å². The fraction of sp³-hybridized carbons (Fsp3) is 0.471. The van der Waals surface area contributed by atoms with Crippen molar-refractivity contribution in [2.75, 3.05) is 25.1 Å². The van der Waals surface area contributed by atoms with Crippen molar-refractivity contribution < 1.29 is 4.74 Å². The van der Waals surface area contributed by atoms with Crippen LogP contribution in [0.2, 0.25) is 0 Å². The molecule has 2 N–H and O–H groups in total. The first-order chi connectivity index (χ1) is 10.3. The van der Waals surface area contributed by atoms with Crippen LogP contribution in [-0.4, -0.2) is 31.2 Å². The highest BCUT2D eigenvalue weighted by molar-refractivity contribution is 5.93. The first-order valence-corrected chi connectivity index (χ1v) is 7.73. The summed E-state index contributed by atoms with van der Waals surface area (Å²) in [4.78, 5) is 7.12. The maximum atomic E-state index is 5.67. The summed E-state index contributed by atoms with van der Waals surface area (Å²) in [6, 6.07) is 8.82. The maximum absolute atomic E-state index is 5.67. The molecule has 0 radical (unpaired) electrons. The smallest absolute Gasteiger partial charge is 0.136 e. The van der Waals surface area contributed by atoms with Gasteiger partial charge in [-0.1, -0.05) is 6.07 Å². The number of benzene rings is 1. The molecule has 21 heavy (non-hydrogen) atoms. The highest BCUT2D eigenvalue weighted by atomic mass is 16.5. The number of nitrogens with two attached hydrogens (primary N) is 1. The van der Waals surface area contributed by atoms with Gasteiger partial charge < -0.3 is 15.4 Å². The Hall–Kier alpha value is -1.81. The third-order valence-electron chi connectivity index (χ3n) is 4.34. The minimum absolute atomic E-state index is 0.567. The average Bonchev–Trinajstić information content (AvgIpc) is 3.00. The van der Waals surface area contributed by atoms with E-state index in [1.165, 1.54) is 23.6 Å². The van der Waals surface area contributed by atoms with E-state index < -0.39 is 0 Å². The van der Waals surface area contributed by atoms with Crippen molar-refractivity contribution in [1.82, 2.24) is 4.98 Å². The Morgan fingerprint density at radius 3 is 3.10 bits per heavy atom. The number of pyridine rings is 1. The first kappa shape index (κ1) is 14.1. The minimum atomic E-state index is 0.567. The molecule has 112 valence electrons. The zero-order valence-electron chi connectivity index (χ0n) is 12.6. The number of ether oxygens (including phenoxy) is 1. The van der Waals surface area contributed by atoms with Gasteiger partial charge in [-0.2, -0.15) is 0 Å². The van der Waals surface area contributed by atoms with E-state index in [-0.39, 0.29) is 0 Å². The van der Waals surface area contributed by atoms with Crippen LogP contribution in [0.3, 0.4) is 0 Å². The molecular weight excluding hydrogens is 262 g/mol. The molecule has 1 aromatic carbocycles. The van der Waals surface area contributed by atoms with E-state index in [9.17, 15) is 0 Å². The van der Waals surface area contributed by atoms with Crippen molar-refractivity contribution in [3.63, 3.8) is 0 Å². The molecule has 4 nitrogen and oxygen atoms in total. The molecule has 1 saturated heterocycles. The summed E-state index contributed by atoms with van der Waals surface area (Å²) < 4.78 is 5.37. The van der Waals surface area contributed by atoms with Gasteiger partial charge in [0, 0.05) is 24.2 Å². The van der Waals surface area contributed by atoms with Gasteiger partial charge in [0.1, 0.15) is 11.6 Å². The van der Waals surface area contributed by atoms with Gasteiger partial charge in [-0.25, -0.2) is 4.98 Å². The molecule has 0 aliphatic carbocycles. The van der Waals surface area contributed by atoms with Gasteiger partial charge in [0.2, 0.25) is 0 Å². The molecule has 2 heterocycles. The Kier molecular flexibility index (Phi) is 4.25. The number of anilines is 1. The molecule has 1 aliphatic rings. The predicted octanol–water partition coefficient (Wildman–Crippen LogP) is 2.95. The van der Waals surface area contributed by atoms with Crippen LogP contribution >= 0.6 is 0 Å². The number of fused-ring (bicyclic) bond motifs is 1. The number of rotatable bonds is 5. The maximum Gasteiger partial charge on any atom is 0.136 e. The zero-order valence-corrected chi connectivity index (χ0v) is 12.6. The highest BCUT2D eigenvalue weighted by Gasteiger charge is 2.26. The SMILES string of the molecule is COc1ccc2ccnc(N3CCCC3CCCN)c2c1. The zero-order chi connectivity index (χ0) is 14.7. The molecule has 0 spiro atoms. The molecule has 2 aromatic rings. The summed E-state index contributed by atoms with van der Waals surface area (Å²) in [6.07, 6.45) is 6.61. The normalized spacial score (nSPS) is 18.4. The van der Waals surface area contributed by atoms with Crippen molar-refractivity contribution in [1.29, 1.82) is 0 Å². The van der Waals surface area contributed by atoms with Crippen LogP contribution < -0.4 is 15.4 Å². The molecular formula is C17H23N3O. The van der Waals surface area contributed by atoms with E-state index >= 15 is 0 Å². The molecule has 1 unspecified atom stereocenters. The van der Waals surface area contributed by atoms with Crippen LogP contribution in [0.25, 0.3) is 10.8 Å². The highest BCUT2D eigenvalue weighted by Crippen LogP contribution is 2.33. The third-order valence-corrected chi connectivity index (χ3v) is 4.34. The van der Waals surface area contributed by atoms with E-state index in [1.807, 2.05) is 12.3 Å². The summed E-state index contributed by atoms with van der Waals surface area (Å²) in [7, 11) is 1.71. The number of nitrogens with zero attached hydrogens (tertiary/aromatic N) is 2. The van der Waals surface area contributed by atoms with Gasteiger partial charge in [-0.05, 0) is 55.8 Å². The van der Waals surface area contributed by atoms with Gasteiger partial charge in [0.15, 0.2) is 0 Å². The molecule has 1 atom stereocenters. The van der Waals surface area contributed by atoms with Gasteiger partial charge in [0.25, 0.3) is 0 Å². The quantitative estimate of drug-likeness (QED) is 0.917. The van der Waals surface area contributed by atoms with Crippen LogP contribution in [0, 0.1) is 0 Å². The third kappa shape index (κ3) is 2.81. The molecule has 1 aliphatic heterocycles. The van der Waals surface area contributed by atoms with Gasteiger partial charge in [-0.15, -0.1) is 0 Å². The average molecular weight is 285 g/mol. The molecule has 1 fully saturated rings. The number of hydrogen-bond donors (Lipinski definition) is 1. The molecule has 3 rings (SSSR count). The van der Waals surface area contributed by atoms with E-state index in [4.69, 9.17) is 10.5 Å². The first-order valence-electron chi connectivity index (χ1n) is 7.73. The largest absolute Gasteiger partial charge is 0.497 e. The van der Waals surface area contributed by atoms with Crippen LogP contribution in [0.1, 0.15) is 25.7 Å². The lowest BCUT2D eigenvalue weighted by atomic mass is 10.1. The Morgan fingerprint density at radius 2 is 2.29 bits per heavy atom. The Labute approximate surface area is 125 Å². The standard InChI is InChI=1S/C17H23N3O/c1-21-15-7-6-13-8-10-19-17(16(13)12-15)20-11-3-5-14(20)4-2-9-18/h6-8,10,12,14H,2-5,9,11,18H2,1H3. The van der Waals surface area contributed by atoms with E-state index in [2.05, 4.69) is 28.1 Å².